The number of thiophene rings is 1. The summed E-state index contributed by atoms with van der Waals surface area (Å²) in [7, 11) is 0. The van der Waals surface area contributed by atoms with Crippen LogP contribution in [0.4, 0.5) is 5.00 Å². The fraction of sp³-hybridized carbons (Fsp3) is 0.269. The van der Waals surface area contributed by atoms with Gasteiger partial charge in [0.1, 0.15) is 10.6 Å². The number of carbonyl (C=O) groups is 2. The molecule has 168 valence electrons. The highest BCUT2D eigenvalue weighted by Crippen LogP contribution is 2.39. The van der Waals surface area contributed by atoms with Crippen molar-refractivity contribution in [2.24, 2.45) is 0 Å². The minimum atomic E-state index is -0.331. The van der Waals surface area contributed by atoms with E-state index in [9.17, 15) is 9.59 Å². The Morgan fingerprint density at radius 1 is 1.15 bits per heavy atom. The van der Waals surface area contributed by atoms with Gasteiger partial charge in [-0.2, -0.15) is 0 Å². The van der Waals surface area contributed by atoms with Crippen molar-refractivity contribution in [2.45, 2.75) is 46.1 Å². The second-order valence-electron chi connectivity index (χ2n) is 8.30. The molecule has 3 heterocycles. The van der Waals surface area contributed by atoms with Crippen LogP contribution in [0.5, 0.6) is 0 Å². The number of hydrogen-bond donors (Lipinski definition) is 2. The second-order valence-corrected chi connectivity index (χ2v) is 9.40. The standard InChI is InChI=1S/C26H25N3O3S/c1-3-16-9-10-20-19(12-16)15(2)23(32-20)25(31)29-26-22(18-7-4-8-21(18)33-26)24(30)28-14-17-6-5-11-27-13-17/h5-6,9-13H,3-4,7-8,14H2,1-2H3,(H,28,30)(H,29,31). The SMILES string of the molecule is CCc1ccc2oc(C(=O)Nc3sc4c(c3C(=O)NCc3cccnc3)CCC4)c(C)c2c1. The maximum Gasteiger partial charge on any atom is 0.292 e. The summed E-state index contributed by atoms with van der Waals surface area (Å²) in [6, 6.07) is 9.76. The van der Waals surface area contributed by atoms with E-state index in [4.69, 9.17) is 4.42 Å². The number of pyridine rings is 1. The van der Waals surface area contributed by atoms with Gasteiger partial charge in [-0.1, -0.05) is 19.1 Å². The zero-order valence-corrected chi connectivity index (χ0v) is 19.5. The number of nitrogens with zero attached hydrogens (tertiary/aromatic N) is 1. The third kappa shape index (κ3) is 4.04. The van der Waals surface area contributed by atoms with E-state index >= 15 is 0 Å². The number of anilines is 1. The molecule has 33 heavy (non-hydrogen) atoms. The first kappa shape index (κ1) is 21.4. The monoisotopic (exact) mass is 459 g/mol. The first-order chi connectivity index (χ1) is 16.0. The Labute approximate surface area is 196 Å². The lowest BCUT2D eigenvalue weighted by Crippen LogP contribution is -2.25. The van der Waals surface area contributed by atoms with Crippen molar-refractivity contribution in [1.82, 2.24) is 10.3 Å². The minimum absolute atomic E-state index is 0.178. The quantitative estimate of drug-likeness (QED) is 0.403. The first-order valence-corrected chi connectivity index (χ1v) is 12.0. The highest BCUT2D eigenvalue weighted by atomic mass is 32.1. The molecule has 5 rings (SSSR count). The van der Waals surface area contributed by atoms with Crippen molar-refractivity contribution < 1.29 is 14.0 Å². The van der Waals surface area contributed by atoms with Crippen LogP contribution in [-0.2, 0) is 25.8 Å². The molecule has 0 unspecified atom stereocenters. The van der Waals surface area contributed by atoms with Crippen LogP contribution >= 0.6 is 11.3 Å². The number of carbonyl (C=O) groups excluding carboxylic acids is 2. The summed E-state index contributed by atoms with van der Waals surface area (Å²) in [6.45, 7) is 4.38. The summed E-state index contributed by atoms with van der Waals surface area (Å²) < 4.78 is 5.90. The summed E-state index contributed by atoms with van der Waals surface area (Å²) in [4.78, 5) is 31.6. The summed E-state index contributed by atoms with van der Waals surface area (Å²) in [5.41, 5.74) is 5.25. The molecule has 0 radical (unpaired) electrons. The number of rotatable bonds is 6. The minimum Gasteiger partial charge on any atom is -0.451 e. The Balaban J connectivity index is 1.42. The number of aromatic nitrogens is 1. The molecule has 1 aliphatic rings. The maximum absolute atomic E-state index is 13.2. The predicted molar refractivity (Wildman–Crippen MR) is 130 cm³/mol. The van der Waals surface area contributed by atoms with Gasteiger partial charge in [-0.15, -0.1) is 11.3 Å². The lowest BCUT2D eigenvalue weighted by Gasteiger charge is -2.09. The molecule has 1 aliphatic carbocycles. The summed E-state index contributed by atoms with van der Waals surface area (Å²) in [5.74, 6) is -0.223. The van der Waals surface area contributed by atoms with Gasteiger partial charge in [-0.05, 0) is 67.5 Å². The third-order valence-electron chi connectivity index (χ3n) is 6.17. The summed E-state index contributed by atoms with van der Waals surface area (Å²) in [6.07, 6.45) is 7.16. The van der Waals surface area contributed by atoms with Crippen LogP contribution in [0.25, 0.3) is 11.0 Å². The Bertz CT molecular complexity index is 1350. The number of nitrogens with one attached hydrogen (secondary N) is 2. The molecule has 7 heteroatoms. The van der Waals surface area contributed by atoms with Gasteiger partial charge in [0.15, 0.2) is 5.76 Å². The molecule has 0 bridgehead atoms. The molecule has 0 fully saturated rings. The molecule has 0 saturated heterocycles. The van der Waals surface area contributed by atoms with E-state index in [0.717, 1.165) is 47.8 Å². The summed E-state index contributed by atoms with van der Waals surface area (Å²) in [5, 5.41) is 7.49. The molecular formula is C26H25N3O3S. The largest absolute Gasteiger partial charge is 0.451 e. The van der Waals surface area contributed by atoms with E-state index < -0.39 is 0 Å². The fourth-order valence-corrected chi connectivity index (χ4v) is 5.65. The molecule has 3 aromatic heterocycles. The van der Waals surface area contributed by atoms with Gasteiger partial charge in [0.25, 0.3) is 11.8 Å². The van der Waals surface area contributed by atoms with Gasteiger partial charge < -0.3 is 15.1 Å². The Kier molecular flexibility index (Phi) is 5.72. The zero-order chi connectivity index (χ0) is 22.9. The Hall–Kier alpha value is -3.45. The second kappa shape index (κ2) is 8.83. The molecular weight excluding hydrogens is 434 g/mol. The first-order valence-electron chi connectivity index (χ1n) is 11.2. The van der Waals surface area contributed by atoms with E-state index in [-0.39, 0.29) is 17.6 Å². The Morgan fingerprint density at radius 3 is 2.82 bits per heavy atom. The van der Waals surface area contributed by atoms with Gasteiger partial charge in [0.2, 0.25) is 0 Å². The Morgan fingerprint density at radius 2 is 2.03 bits per heavy atom. The van der Waals surface area contributed by atoms with Gasteiger partial charge in [0.05, 0.1) is 5.56 Å². The van der Waals surface area contributed by atoms with Crippen LogP contribution in [0, 0.1) is 6.92 Å². The highest BCUT2D eigenvalue weighted by molar-refractivity contribution is 7.17. The van der Waals surface area contributed by atoms with Crippen LogP contribution in [0.1, 0.15) is 61.4 Å². The molecule has 0 spiro atoms. The maximum atomic E-state index is 13.2. The molecule has 0 saturated carbocycles. The zero-order valence-electron chi connectivity index (χ0n) is 18.7. The number of benzene rings is 1. The number of furan rings is 1. The van der Waals surface area contributed by atoms with E-state index in [1.165, 1.54) is 21.8 Å². The van der Waals surface area contributed by atoms with Crippen molar-refractivity contribution in [3.05, 3.63) is 81.2 Å². The molecule has 0 aliphatic heterocycles. The van der Waals surface area contributed by atoms with Gasteiger partial charge in [0, 0.05) is 34.8 Å². The van der Waals surface area contributed by atoms with E-state index in [0.29, 0.717) is 22.7 Å². The smallest absolute Gasteiger partial charge is 0.292 e. The topological polar surface area (TPSA) is 84.2 Å². The van der Waals surface area contributed by atoms with Crippen molar-refractivity contribution in [2.75, 3.05) is 5.32 Å². The molecule has 4 aromatic rings. The predicted octanol–water partition coefficient (Wildman–Crippen LogP) is 5.43. The lowest BCUT2D eigenvalue weighted by atomic mass is 10.1. The van der Waals surface area contributed by atoms with Gasteiger partial charge in [-0.25, -0.2) is 0 Å². The average molecular weight is 460 g/mol. The van der Waals surface area contributed by atoms with Crippen molar-refractivity contribution in [1.29, 1.82) is 0 Å². The van der Waals surface area contributed by atoms with Crippen LogP contribution < -0.4 is 10.6 Å². The highest BCUT2D eigenvalue weighted by Gasteiger charge is 2.28. The van der Waals surface area contributed by atoms with Crippen molar-refractivity contribution in [3.8, 4) is 0 Å². The van der Waals surface area contributed by atoms with E-state index in [1.807, 2.05) is 31.2 Å². The number of aryl methyl sites for hydroxylation is 3. The van der Waals surface area contributed by atoms with Gasteiger partial charge >= 0.3 is 0 Å². The van der Waals surface area contributed by atoms with Crippen LogP contribution in [0.2, 0.25) is 0 Å². The number of fused-ring (bicyclic) bond motifs is 2. The number of hydrogen-bond acceptors (Lipinski definition) is 5. The van der Waals surface area contributed by atoms with Crippen LogP contribution in [0.3, 0.4) is 0 Å². The third-order valence-corrected chi connectivity index (χ3v) is 7.37. The van der Waals surface area contributed by atoms with Gasteiger partial charge in [-0.3, -0.25) is 14.6 Å². The van der Waals surface area contributed by atoms with E-state index in [2.05, 4.69) is 28.6 Å². The molecule has 1 aromatic carbocycles. The normalized spacial score (nSPS) is 12.7. The van der Waals surface area contributed by atoms with E-state index in [1.54, 1.807) is 12.4 Å². The van der Waals surface area contributed by atoms with Crippen LogP contribution in [0.15, 0.2) is 47.1 Å². The lowest BCUT2D eigenvalue weighted by molar-refractivity contribution is 0.0951. The van der Waals surface area contributed by atoms with Crippen molar-refractivity contribution in [3.63, 3.8) is 0 Å². The van der Waals surface area contributed by atoms with Crippen molar-refractivity contribution >= 4 is 39.1 Å². The fourth-order valence-electron chi connectivity index (χ4n) is 4.37. The average Bonchev–Trinajstić information content (AvgIpc) is 3.51. The molecule has 0 atom stereocenters. The molecule has 2 amide bonds. The number of amides is 2. The van der Waals surface area contributed by atoms with Crippen LogP contribution in [-0.4, -0.2) is 16.8 Å². The molecule has 2 N–H and O–H groups in total. The molecule has 6 nitrogen and oxygen atoms in total. The summed E-state index contributed by atoms with van der Waals surface area (Å²) >= 11 is 1.49.